The summed E-state index contributed by atoms with van der Waals surface area (Å²) in [5, 5.41) is 18.8. The lowest BCUT2D eigenvalue weighted by Gasteiger charge is -2.40. The second kappa shape index (κ2) is 11.2. The van der Waals surface area contributed by atoms with E-state index < -0.39 is 0 Å². The summed E-state index contributed by atoms with van der Waals surface area (Å²) >= 11 is 0. The molecule has 51 heavy (non-hydrogen) atoms. The Morgan fingerprint density at radius 3 is 1.73 bits per heavy atom. The van der Waals surface area contributed by atoms with Gasteiger partial charge in [-0.2, -0.15) is 0 Å². The van der Waals surface area contributed by atoms with E-state index in [0.29, 0.717) is 0 Å². The highest BCUT2D eigenvalue weighted by Crippen LogP contribution is 2.44. The summed E-state index contributed by atoms with van der Waals surface area (Å²) in [5.41, 5.74) is 9.94. The highest BCUT2D eigenvalue weighted by atomic mass is 16.3. The fourth-order valence-corrected chi connectivity index (χ4v) is 8.40. The second-order valence-corrected chi connectivity index (χ2v) is 13.5. The van der Waals surface area contributed by atoms with E-state index in [2.05, 4.69) is 183 Å². The summed E-state index contributed by atoms with van der Waals surface area (Å²) in [5.74, 6) is 0. The number of hydrogen-bond donors (Lipinski definition) is 3. The molecule has 0 aliphatic carbocycles. The topological polar surface area (TPSA) is 59.1 Å². The predicted molar refractivity (Wildman–Crippen MR) is 208 cm³/mol. The maximum atomic E-state index is 6.53. The molecular weight excluding hydrogens is 627 g/mol. The van der Waals surface area contributed by atoms with Crippen LogP contribution < -0.4 is 16.0 Å². The van der Waals surface area contributed by atoms with Crippen molar-refractivity contribution in [2.45, 2.75) is 18.6 Å². The Morgan fingerprint density at radius 1 is 0.412 bits per heavy atom. The molecule has 10 aromatic rings. The van der Waals surface area contributed by atoms with Gasteiger partial charge in [-0.15, -0.1) is 0 Å². The van der Waals surface area contributed by atoms with E-state index in [0.717, 1.165) is 44.0 Å². The highest BCUT2D eigenvalue weighted by Gasteiger charge is 2.32. The Balaban J connectivity index is 1.24. The molecule has 244 valence electrons. The maximum absolute atomic E-state index is 6.53. The third-order valence-electron chi connectivity index (χ3n) is 10.6. The SMILES string of the molecule is c1ccc(C2NC(c3ccccc3)NC(n3c4cc5c(cc4c4c6c7ccccc7n(-c7ccccc7)c6ccc43)oc3ccccc35)N2)cc1. The summed E-state index contributed by atoms with van der Waals surface area (Å²) in [6.45, 7) is 0. The van der Waals surface area contributed by atoms with Crippen LogP contribution in [0.5, 0.6) is 0 Å². The van der Waals surface area contributed by atoms with Gasteiger partial charge in [-0.25, -0.2) is 0 Å². The summed E-state index contributed by atoms with van der Waals surface area (Å²) in [7, 11) is 0. The first kappa shape index (κ1) is 28.6. The highest BCUT2D eigenvalue weighted by molar-refractivity contribution is 6.30. The summed E-state index contributed by atoms with van der Waals surface area (Å²) in [6, 6.07) is 58.3. The number of rotatable bonds is 4. The quantitative estimate of drug-likeness (QED) is 0.176. The standard InChI is InChI=1S/C45H33N5O/c1-4-14-28(15-5-1)43-46-44(29-16-6-2-7-17-29)48-45(47-43)50-37-25-24-36-41(32-21-10-12-22-35(32)49(36)30-18-8-3-9-19-30)42(37)34-27-40-33(26-38(34)50)31-20-11-13-23-39(31)51-40/h1-27,43-48H. The van der Waals surface area contributed by atoms with Crippen LogP contribution in [0.4, 0.5) is 0 Å². The average molecular weight is 660 g/mol. The van der Waals surface area contributed by atoms with Crippen molar-refractivity contribution in [2.75, 3.05) is 0 Å². The van der Waals surface area contributed by atoms with Crippen LogP contribution >= 0.6 is 0 Å². The number of fused-ring (bicyclic) bond motifs is 10. The number of para-hydroxylation sites is 3. The zero-order chi connectivity index (χ0) is 33.5. The molecule has 1 aliphatic rings. The van der Waals surface area contributed by atoms with E-state index in [1.807, 2.05) is 6.07 Å². The van der Waals surface area contributed by atoms with E-state index in [-0.39, 0.29) is 18.6 Å². The maximum Gasteiger partial charge on any atom is 0.142 e. The predicted octanol–water partition coefficient (Wildman–Crippen LogP) is 10.4. The third-order valence-corrected chi connectivity index (χ3v) is 10.6. The molecule has 2 atom stereocenters. The zero-order valence-electron chi connectivity index (χ0n) is 27.6. The molecule has 6 heteroatoms. The molecule has 0 spiro atoms. The molecule has 1 fully saturated rings. The van der Waals surface area contributed by atoms with Crippen molar-refractivity contribution in [1.29, 1.82) is 0 Å². The van der Waals surface area contributed by atoms with Crippen molar-refractivity contribution in [3.63, 3.8) is 0 Å². The Labute approximate surface area is 293 Å². The summed E-state index contributed by atoms with van der Waals surface area (Å²) in [4.78, 5) is 0. The minimum Gasteiger partial charge on any atom is -0.456 e. The number of nitrogens with one attached hydrogen (secondary N) is 3. The van der Waals surface area contributed by atoms with Gasteiger partial charge in [0.1, 0.15) is 17.5 Å². The Bertz CT molecular complexity index is 2860. The van der Waals surface area contributed by atoms with E-state index in [1.165, 1.54) is 38.3 Å². The molecule has 0 saturated carbocycles. The Hall–Kier alpha value is -6.18. The van der Waals surface area contributed by atoms with Crippen molar-refractivity contribution in [1.82, 2.24) is 25.1 Å². The fraction of sp³-hybridized carbons (Fsp3) is 0.0667. The van der Waals surface area contributed by atoms with Crippen LogP contribution in [0.3, 0.4) is 0 Å². The molecular formula is C45H33N5O. The first-order chi connectivity index (χ1) is 25.3. The van der Waals surface area contributed by atoms with E-state index >= 15 is 0 Å². The number of aromatic nitrogens is 2. The smallest absolute Gasteiger partial charge is 0.142 e. The molecule has 1 saturated heterocycles. The summed E-state index contributed by atoms with van der Waals surface area (Å²) in [6.07, 6.45) is -0.452. The molecule has 1 aliphatic heterocycles. The second-order valence-electron chi connectivity index (χ2n) is 13.5. The van der Waals surface area contributed by atoms with Gasteiger partial charge in [0.25, 0.3) is 0 Å². The van der Waals surface area contributed by atoms with Gasteiger partial charge in [-0.1, -0.05) is 115 Å². The molecule has 7 aromatic carbocycles. The van der Waals surface area contributed by atoms with Crippen molar-refractivity contribution in [2.24, 2.45) is 0 Å². The van der Waals surface area contributed by atoms with Crippen LogP contribution in [0.1, 0.15) is 29.7 Å². The molecule has 0 bridgehead atoms. The number of benzene rings is 7. The minimum atomic E-state index is -0.253. The Kier molecular flexibility index (Phi) is 6.27. The van der Waals surface area contributed by atoms with Crippen LogP contribution in [-0.2, 0) is 0 Å². The van der Waals surface area contributed by atoms with Gasteiger partial charge in [-0.05, 0) is 59.7 Å². The van der Waals surface area contributed by atoms with Gasteiger partial charge in [0.05, 0.1) is 34.4 Å². The van der Waals surface area contributed by atoms with Crippen molar-refractivity contribution < 1.29 is 4.42 Å². The average Bonchev–Trinajstić information content (AvgIpc) is 3.85. The van der Waals surface area contributed by atoms with Gasteiger partial charge in [0.2, 0.25) is 0 Å². The van der Waals surface area contributed by atoms with E-state index in [9.17, 15) is 0 Å². The monoisotopic (exact) mass is 659 g/mol. The molecule has 3 N–H and O–H groups in total. The van der Waals surface area contributed by atoms with Crippen LogP contribution in [0.2, 0.25) is 0 Å². The third kappa shape index (κ3) is 4.34. The van der Waals surface area contributed by atoms with Crippen LogP contribution in [-0.4, -0.2) is 9.13 Å². The first-order valence-corrected chi connectivity index (χ1v) is 17.5. The van der Waals surface area contributed by atoms with Crippen LogP contribution in [0.25, 0.3) is 71.2 Å². The van der Waals surface area contributed by atoms with Gasteiger partial charge in [0.15, 0.2) is 0 Å². The lowest BCUT2D eigenvalue weighted by Crippen LogP contribution is -2.56. The normalized spacial score (nSPS) is 18.2. The number of hydrogen-bond acceptors (Lipinski definition) is 4. The van der Waals surface area contributed by atoms with Crippen molar-refractivity contribution >= 4 is 65.6 Å². The molecule has 6 nitrogen and oxygen atoms in total. The molecule has 4 heterocycles. The van der Waals surface area contributed by atoms with Crippen molar-refractivity contribution in [3.05, 3.63) is 175 Å². The molecule has 0 amide bonds. The molecule has 3 aromatic heterocycles. The lowest BCUT2D eigenvalue weighted by atomic mass is 10.0. The fourth-order valence-electron chi connectivity index (χ4n) is 8.40. The molecule has 2 unspecified atom stereocenters. The zero-order valence-corrected chi connectivity index (χ0v) is 27.6. The van der Waals surface area contributed by atoms with Crippen LogP contribution in [0.15, 0.2) is 168 Å². The number of furan rings is 1. The molecule has 11 rings (SSSR count). The van der Waals surface area contributed by atoms with Gasteiger partial charge in [0, 0.05) is 38.0 Å². The number of nitrogens with zero attached hydrogens (tertiary/aromatic N) is 2. The first-order valence-electron chi connectivity index (χ1n) is 17.5. The van der Waals surface area contributed by atoms with Gasteiger partial charge < -0.3 is 13.6 Å². The lowest BCUT2D eigenvalue weighted by molar-refractivity contribution is 0.161. The van der Waals surface area contributed by atoms with Crippen molar-refractivity contribution in [3.8, 4) is 5.69 Å². The largest absolute Gasteiger partial charge is 0.456 e. The van der Waals surface area contributed by atoms with Gasteiger partial charge >= 0.3 is 0 Å². The van der Waals surface area contributed by atoms with E-state index in [1.54, 1.807) is 0 Å². The Morgan fingerprint density at radius 2 is 1.00 bits per heavy atom. The minimum absolute atomic E-state index is 0.0997. The summed E-state index contributed by atoms with van der Waals surface area (Å²) < 4.78 is 11.4. The van der Waals surface area contributed by atoms with Crippen LogP contribution in [0, 0.1) is 0 Å². The molecule has 0 radical (unpaired) electrons. The van der Waals surface area contributed by atoms with Gasteiger partial charge in [-0.3, -0.25) is 16.0 Å². The van der Waals surface area contributed by atoms with E-state index in [4.69, 9.17) is 4.42 Å².